The number of para-hydroxylation sites is 1. The molecular formula is C23H20N2O4. The van der Waals surface area contributed by atoms with Crippen molar-refractivity contribution in [3.05, 3.63) is 78.0 Å². The Labute approximate surface area is 169 Å². The fourth-order valence-corrected chi connectivity index (χ4v) is 2.53. The minimum absolute atomic E-state index is 0.134. The Bertz CT molecular complexity index is 996. The molecule has 1 amide bonds. The van der Waals surface area contributed by atoms with E-state index in [0.29, 0.717) is 35.2 Å². The molecule has 0 radical (unpaired) electrons. The summed E-state index contributed by atoms with van der Waals surface area (Å²) in [5.74, 6) is 4.37. The molecule has 0 aliphatic heterocycles. The molecule has 1 heterocycles. The molecule has 0 bridgehead atoms. The van der Waals surface area contributed by atoms with Gasteiger partial charge in [0.1, 0.15) is 12.4 Å². The topological polar surface area (TPSA) is 69.7 Å². The number of nitrogens with zero attached hydrogens (tertiary/aromatic N) is 1. The quantitative estimate of drug-likeness (QED) is 0.594. The van der Waals surface area contributed by atoms with E-state index >= 15 is 0 Å². The van der Waals surface area contributed by atoms with Crippen LogP contribution in [0.25, 0.3) is 0 Å². The summed E-state index contributed by atoms with van der Waals surface area (Å²) in [6.07, 6.45) is 6.71. The lowest BCUT2D eigenvalue weighted by Crippen LogP contribution is -2.22. The van der Waals surface area contributed by atoms with Crippen LogP contribution < -0.4 is 19.5 Å². The Hall–Kier alpha value is -3.98. The van der Waals surface area contributed by atoms with Crippen LogP contribution in [0.3, 0.4) is 0 Å². The van der Waals surface area contributed by atoms with Gasteiger partial charge in [0.2, 0.25) is 5.88 Å². The Morgan fingerprint density at radius 3 is 2.62 bits per heavy atom. The Morgan fingerprint density at radius 2 is 1.93 bits per heavy atom. The monoisotopic (exact) mass is 388 g/mol. The average Bonchev–Trinajstić information content (AvgIpc) is 2.77. The standard InChI is InChI=1S/C23H20N2O4/c1-3-13-28-21-14-17(9-11-20(21)27-2)15-25-23(26)18-10-12-22(24-16-18)29-19-7-5-4-6-8-19/h1,4-12,14,16H,13,15H2,2H3,(H,25,26). The third-order valence-electron chi connectivity index (χ3n) is 3.96. The molecule has 0 saturated carbocycles. The fraction of sp³-hybridized carbons (Fsp3) is 0.130. The van der Waals surface area contributed by atoms with Gasteiger partial charge in [-0.15, -0.1) is 6.42 Å². The van der Waals surface area contributed by atoms with Crippen molar-refractivity contribution in [1.29, 1.82) is 0 Å². The van der Waals surface area contributed by atoms with Crippen LogP contribution in [0.1, 0.15) is 15.9 Å². The molecule has 0 unspecified atom stereocenters. The number of hydrogen-bond acceptors (Lipinski definition) is 5. The lowest BCUT2D eigenvalue weighted by Gasteiger charge is -2.11. The number of carbonyl (C=O) groups is 1. The van der Waals surface area contributed by atoms with E-state index in [9.17, 15) is 4.79 Å². The van der Waals surface area contributed by atoms with Gasteiger partial charge in [-0.3, -0.25) is 4.79 Å². The number of aromatic nitrogens is 1. The summed E-state index contributed by atoms with van der Waals surface area (Å²) in [6, 6.07) is 18.0. The van der Waals surface area contributed by atoms with Gasteiger partial charge in [-0.25, -0.2) is 4.98 Å². The first-order chi connectivity index (χ1) is 14.2. The van der Waals surface area contributed by atoms with Crippen molar-refractivity contribution in [3.63, 3.8) is 0 Å². The number of rotatable bonds is 8. The van der Waals surface area contributed by atoms with Gasteiger partial charge in [0, 0.05) is 18.8 Å². The van der Waals surface area contributed by atoms with E-state index in [1.165, 1.54) is 6.20 Å². The number of carbonyl (C=O) groups excluding carboxylic acids is 1. The second-order valence-corrected chi connectivity index (χ2v) is 5.96. The molecule has 1 aromatic heterocycles. The molecule has 3 aromatic rings. The van der Waals surface area contributed by atoms with Gasteiger partial charge in [0.05, 0.1) is 12.7 Å². The van der Waals surface area contributed by atoms with Crippen molar-refractivity contribution in [1.82, 2.24) is 10.3 Å². The van der Waals surface area contributed by atoms with E-state index in [0.717, 1.165) is 5.56 Å². The maximum absolute atomic E-state index is 12.4. The fourth-order valence-electron chi connectivity index (χ4n) is 2.53. The van der Waals surface area contributed by atoms with Crippen LogP contribution in [0.2, 0.25) is 0 Å². The molecule has 3 rings (SSSR count). The zero-order chi connectivity index (χ0) is 20.5. The summed E-state index contributed by atoms with van der Waals surface area (Å²) in [5.41, 5.74) is 1.28. The van der Waals surface area contributed by atoms with Gasteiger partial charge in [0.25, 0.3) is 5.91 Å². The molecule has 0 aliphatic carbocycles. The molecule has 6 heteroatoms. The zero-order valence-electron chi connectivity index (χ0n) is 15.9. The first-order valence-corrected chi connectivity index (χ1v) is 8.90. The molecule has 1 N–H and O–H groups in total. The number of terminal acetylenes is 1. The van der Waals surface area contributed by atoms with Crippen molar-refractivity contribution >= 4 is 5.91 Å². The van der Waals surface area contributed by atoms with Crippen LogP contribution in [0.4, 0.5) is 0 Å². The van der Waals surface area contributed by atoms with Crippen LogP contribution in [-0.2, 0) is 6.54 Å². The SMILES string of the molecule is C#CCOc1cc(CNC(=O)c2ccc(Oc3ccccc3)nc2)ccc1OC. The number of nitrogens with one attached hydrogen (secondary N) is 1. The largest absolute Gasteiger partial charge is 0.493 e. The Kier molecular flexibility index (Phi) is 6.69. The van der Waals surface area contributed by atoms with E-state index in [1.807, 2.05) is 36.4 Å². The molecule has 29 heavy (non-hydrogen) atoms. The van der Waals surface area contributed by atoms with E-state index in [4.69, 9.17) is 20.6 Å². The highest BCUT2D eigenvalue weighted by Crippen LogP contribution is 2.28. The normalized spacial score (nSPS) is 9.93. The van der Waals surface area contributed by atoms with E-state index in [-0.39, 0.29) is 12.5 Å². The van der Waals surface area contributed by atoms with Gasteiger partial charge in [-0.05, 0) is 35.9 Å². The van der Waals surface area contributed by atoms with E-state index in [1.54, 1.807) is 31.4 Å². The summed E-state index contributed by atoms with van der Waals surface area (Å²) in [4.78, 5) is 16.6. The molecule has 2 aromatic carbocycles. The van der Waals surface area contributed by atoms with Crippen LogP contribution in [0, 0.1) is 12.3 Å². The first-order valence-electron chi connectivity index (χ1n) is 8.90. The minimum Gasteiger partial charge on any atom is -0.493 e. The van der Waals surface area contributed by atoms with E-state index in [2.05, 4.69) is 16.2 Å². The first kappa shape index (κ1) is 19.8. The summed E-state index contributed by atoms with van der Waals surface area (Å²) in [5, 5.41) is 2.85. The highest BCUT2D eigenvalue weighted by atomic mass is 16.5. The van der Waals surface area contributed by atoms with E-state index < -0.39 is 0 Å². The van der Waals surface area contributed by atoms with Crippen molar-refractivity contribution in [2.24, 2.45) is 0 Å². The zero-order valence-corrected chi connectivity index (χ0v) is 15.9. The molecule has 0 saturated heterocycles. The molecule has 0 aliphatic rings. The van der Waals surface area contributed by atoms with Crippen molar-refractivity contribution in [2.45, 2.75) is 6.54 Å². The number of hydrogen-bond donors (Lipinski definition) is 1. The molecule has 6 nitrogen and oxygen atoms in total. The van der Waals surface area contributed by atoms with Crippen molar-refractivity contribution < 1.29 is 19.0 Å². The van der Waals surface area contributed by atoms with Gasteiger partial charge < -0.3 is 19.5 Å². The number of benzene rings is 2. The summed E-state index contributed by atoms with van der Waals surface area (Å²) < 4.78 is 16.3. The third kappa shape index (κ3) is 5.50. The van der Waals surface area contributed by atoms with Crippen LogP contribution in [0.15, 0.2) is 66.9 Å². The number of amides is 1. The predicted molar refractivity (Wildman–Crippen MR) is 109 cm³/mol. The average molecular weight is 388 g/mol. The Morgan fingerprint density at radius 1 is 1.10 bits per heavy atom. The van der Waals surface area contributed by atoms with Crippen molar-refractivity contribution in [2.75, 3.05) is 13.7 Å². The van der Waals surface area contributed by atoms with Gasteiger partial charge in [0.15, 0.2) is 11.5 Å². The van der Waals surface area contributed by atoms with Crippen molar-refractivity contribution in [3.8, 4) is 35.5 Å². The Balaban J connectivity index is 1.60. The summed E-state index contributed by atoms with van der Waals surface area (Å²) in [7, 11) is 1.55. The third-order valence-corrected chi connectivity index (χ3v) is 3.96. The molecular weight excluding hydrogens is 368 g/mol. The maximum Gasteiger partial charge on any atom is 0.253 e. The lowest BCUT2D eigenvalue weighted by atomic mass is 10.2. The summed E-state index contributed by atoms with van der Waals surface area (Å²) >= 11 is 0. The molecule has 0 spiro atoms. The van der Waals surface area contributed by atoms with Gasteiger partial charge >= 0.3 is 0 Å². The second-order valence-electron chi connectivity index (χ2n) is 5.96. The van der Waals surface area contributed by atoms with Crippen LogP contribution in [0.5, 0.6) is 23.1 Å². The molecule has 0 fully saturated rings. The minimum atomic E-state index is -0.245. The highest BCUT2D eigenvalue weighted by molar-refractivity contribution is 5.93. The number of ether oxygens (including phenoxy) is 3. The number of methoxy groups -OCH3 is 1. The summed E-state index contributed by atoms with van der Waals surface area (Å²) in [6.45, 7) is 0.451. The highest BCUT2D eigenvalue weighted by Gasteiger charge is 2.09. The lowest BCUT2D eigenvalue weighted by molar-refractivity contribution is 0.0950. The molecule has 146 valence electrons. The van der Waals surface area contributed by atoms with Crippen LogP contribution >= 0.6 is 0 Å². The maximum atomic E-state index is 12.4. The van der Waals surface area contributed by atoms with Crippen LogP contribution in [-0.4, -0.2) is 24.6 Å². The predicted octanol–water partition coefficient (Wildman–Crippen LogP) is 3.82. The smallest absolute Gasteiger partial charge is 0.253 e. The molecule has 0 atom stereocenters. The second kappa shape index (κ2) is 9.81. The number of pyridine rings is 1. The van der Waals surface area contributed by atoms with Gasteiger partial charge in [-0.2, -0.15) is 0 Å². The van der Waals surface area contributed by atoms with Gasteiger partial charge in [-0.1, -0.05) is 30.2 Å².